The van der Waals surface area contributed by atoms with E-state index in [9.17, 15) is 9.90 Å². The largest absolute Gasteiger partial charge is 0.478 e. The number of benzene rings is 1. The van der Waals surface area contributed by atoms with Gasteiger partial charge < -0.3 is 5.11 Å². The smallest absolute Gasteiger partial charge is 0.340 e. The summed E-state index contributed by atoms with van der Waals surface area (Å²) in [7, 11) is 0. The molecule has 6 heteroatoms. The van der Waals surface area contributed by atoms with E-state index in [2.05, 4.69) is 21.0 Å². The van der Waals surface area contributed by atoms with Crippen molar-refractivity contribution in [2.24, 2.45) is 0 Å². The van der Waals surface area contributed by atoms with Crippen molar-refractivity contribution in [3.63, 3.8) is 0 Å². The predicted octanol–water partition coefficient (Wildman–Crippen LogP) is 3.92. The minimum atomic E-state index is -1.00. The Kier molecular flexibility index (Phi) is 3.56. The van der Waals surface area contributed by atoms with Crippen molar-refractivity contribution >= 4 is 33.5 Å². The molecular weight excluding hydrogens is 344 g/mol. The number of carbonyl (C=O) groups is 1. The quantitative estimate of drug-likeness (QED) is 0.904. The lowest BCUT2D eigenvalue weighted by molar-refractivity contribution is 0.0695. The van der Waals surface area contributed by atoms with Crippen molar-refractivity contribution in [1.82, 2.24) is 9.78 Å². The average molecular weight is 356 g/mol. The Bertz CT molecular complexity index is 663. The molecule has 0 spiro atoms. The Morgan fingerprint density at radius 2 is 2.05 bits per heavy atom. The van der Waals surface area contributed by atoms with Crippen molar-refractivity contribution in [2.75, 3.05) is 0 Å². The summed E-state index contributed by atoms with van der Waals surface area (Å²) < 4.78 is 2.57. The fourth-order valence-corrected chi connectivity index (χ4v) is 2.71. The highest BCUT2D eigenvalue weighted by Gasteiger charge is 2.34. The van der Waals surface area contributed by atoms with Gasteiger partial charge in [-0.3, -0.25) is 0 Å². The molecular formula is C14H12BrClN2O2. The zero-order valence-corrected chi connectivity index (χ0v) is 12.9. The third-order valence-corrected chi connectivity index (χ3v) is 4.25. The van der Waals surface area contributed by atoms with Crippen LogP contribution in [0.4, 0.5) is 0 Å². The van der Waals surface area contributed by atoms with Gasteiger partial charge in [-0.1, -0.05) is 39.7 Å². The maximum absolute atomic E-state index is 11.3. The first-order chi connectivity index (χ1) is 9.56. The second kappa shape index (κ2) is 5.22. The van der Waals surface area contributed by atoms with Gasteiger partial charge >= 0.3 is 5.97 Å². The molecule has 1 aliphatic carbocycles. The van der Waals surface area contributed by atoms with Crippen LogP contribution in [0.2, 0.25) is 5.15 Å². The Morgan fingerprint density at radius 1 is 1.40 bits per heavy atom. The topological polar surface area (TPSA) is 55.1 Å². The highest BCUT2D eigenvalue weighted by Crippen LogP contribution is 2.42. The van der Waals surface area contributed by atoms with Gasteiger partial charge in [0.15, 0.2) is 0 Å². The number of aromatic carboxylic acids is 1. The lowest BCUT2D eigenvalue weighted by Gasteiger charge is -2.03. The standard InChI is InChI=1S/C14H12BrClN2O2/c15-10-5-1-8(2-6-10)7-18-13(16)11(14(19)20)12(17-18)9-3-4-9/h1-2,5-6,9H,3-4,7H2,(H,19,20). The summed E-state index contributed by atoms with van der Waals surface area (Å²) in [5, 5.41) is 13.9. The fourth-order valence-electron chi connectivity index (χ4n) is 2.17. The molecule has 2 aromatic rings. The Labute approximate surface area is 129 Å². The Hall–Kier alpha value is -1.33. The van der Waals surface area contributed by atoms with E-state index < -0.39 is 5.97 Å². The van der Waals surface area contributed by atoms with E-state index in [4.69, 9.17) is 11.6 Å². The zero-order valence-electron chi connectivity index (χ0n) is 10.5. The molecule has 0 aliphatic heterocycles. The first-order valence-electron chi connectivity index (χ1n) is 6.30. The number of nitrogens with zero attached hydrogens (tertiary/aromatic N) is 2. The van der Waals surface area contributed by atoms with Gasteiger partial charge in [0.05, 0.1) is 12.2 Å². The normalized spacial score (nSPS) is 14.5. The van der Waals surface area contributed by atoms with Crippen LogP contribution in [-0.2, 0) is 6.54 Å². The molecule has 1 fully saturated rings. The van der Waals surface area contributed by atoms with E-state index in [0.717, 1.165) is 22.9 Å². The lowest BCUT2D eigenvalue weighted by Crippen LogP contribution is -2.03. The summed E-state index contributed by atoms with van der Waals surface area (Å²) in [6, 6.07) is 7.79. The minimum Gasteiger partial charge on any atom is -0.478 e. The van der Waals surface area contributed by atoms with Crippen LogP contribution in [0.5, 0.6) is 0 Å². The molecule has 1 heterocycles. The first kappa shape index (κ1) is 13.6. The number of halogens is 2. The Morgan fingerprint density at radius 3 is 2.60 bits per heavy atom. The van der Waals surface area contributed by atoms with Gasteiger partial charge in [-0.15, -0.1) is 0 Å². The molecule has 0 radical (unpaired) electrons. The van der Waals surface area contributed by atoms with Crippen LogP contribution >= 0.6 is 27.5 Å². The molecule has 3 rings (SSSR count). The van der Waals surface area contributed by atoms with Gasteiger partial charge in [-0.2, -0.15) is 5.10 Å². The van der Waals surface area contributed by atoms with E-state index in [1.165, 1.54) is 0 Å². The molecule has 1 aliphatic rings. The minimum absolute atomic E-state index is 0.159. The summed E-state index contributed by atoms with van der Waals surface area (Å²) in [4.78, 5) is 11.3. The van der Waals surface area contributed by atoms with E-state index >= 15 is 0 Å². The van der Waals surface area contributed by atoms with Crippen molar-refractivity contribution in [3.05, 3.63) is 50.7 Å². The van der Waals surface area contributed by atoms with E-state index in [0.29, 0.717) is 12.2 Å². The molecule has 104 valence electrons. The van der Waals surface area contributed by atoms with Crippen LogP contribution in [0.3, 0.4) is 0 Å². The second-order valence-corrected chi connectivity index (χ2v) is 6.19. The van der Waals surface area contributed by atoms with Gasteiger partial charge in [0.25, 0.3) is 0 Å². The molecule has 0 saturated heterocycles. The van der Waals surface area contributed by atoms with Gasteiger partial charge in [0.1, 0.15) is 10.7 Å². The predicted molar refractivity (Wildman–Crippen MR) is 79.4 cm³/mol. The first-order valence-corrected chi connectivity index (χ1v) is 7.47. The molecule has 0 unspecified atom stereocenters. The molecule has 4 nitrogen and oxygen atoms in total. The van der Waals surface area contributed by atoms with Gasteiger partial charge in [0.2, 0.25) is 0 Å². The number of hydrogen-bond acceptors (Lipinski definition) is 2. The molecule has 0 bridgehead atoms. The number of carboxylic acid groups (broad SMARTS) is 1. The highest BCUT2D eigenvalue weighted by molar-refractivity contribution is 9.10. The van der Waals surface area contributed by atoms with Crippen LogP contribution in [0, 0.1) is 0 Å². The molecule has 20 heavy (non-hydrogen) atoms. The van der Waals surface area contributed by atoms with Crippen molar-refractivity contribution in [1.29, 1.82) is 0 Å². The second-order valence-electron chi connectivity index (χ2n) is 4.91. The van der Waals surface area contributed by atoms with Crippen LogP contribution in [0.25, 0.3) is 0 Å². The summed E-state index contributed by atoms with van der Waals surface area (Å²) in [5.74, 6) is -0.747. The fraction of sp³-hybridized carbons (Fsp3) is 0.286. The van der Waals surface area contributed by atoms with E-state index in [1.807, 2.05) is 24.3 Å². The van der Waals surface area contributed by atoms with Crippen molar-refractivity contribution in [2.45, 2.75) is 25.3 Å². The molecule has 1 N–H and O–H groups in total. The molecule has 0 atom stereocenters. The Balaban J connectivity index is 1.95. The summed E-state index contributed by atoms with van der Waals surface area (Å²) in [6.45, 7) is 0.471. The number of hydrogen-bond donors (Lipinski definition) is 1. The van der Waals surface area contributed by atoms with Crippen molar-refractivity contribution < 1.29 is 9.90 Å². The van der Waals surface area contributed by atoms with Crippen LogP contribution in [0.1, 0.15) is 40.4 Å². The third kappa shape index (κ3) is 2.60. The maximum Gasteiger partial charge on any atom is 0.340 e. The molecule has 0 amide bonds. The van der Waals surface area contributed by atoms with Crippen molar-refractivity contribution in [3.8, 4) is 0 Å². The number of carboxylic acids is 1. The number of aromatic nitrogens is 2. The molecule has 1 aromatic heterocycles. The molecule has 1 saturated carbocycles. The summed E-state index contributed by atoms with van der Waals surface area (Å²) in [5.41, 5.74) is 1.81. The SMILES string of the molecule is O=C(O)c1c(C2CC2)nn(Cc2ccc(Br)cc2)c1Cl. The van der Waals surface area contributed by atoms with E-state index in [1.54, 1.807) is 4.68 Å². The highest BCUT2D eigenvalue weighted by atomic mass is 79.9. The number of rotatable bonds is 4. The van der Waals surface area contributed by atoms with Gasteiger partial charge in [-0.25, -0.2) is 9.48 Å². The third-order valence-electron chi connectivity index (χ3n) is 3.34. The van der Waals surface area contributed by atoms with E-state index in [-0.39, 0.29) is 16.6 Å². The summed E-state index contributed by atoms with van der Waals surface area (Å²) in [6.07, 6.45) is 1.98. The maximum atomic E-state index is 11.3. The zero-order chi connectivity index (χ0) is 14.3. The van der Waals surface area contributed by atoms with Crippen LogP contribution in [-0.4, -0.2) is 20.9 Å². The van der Waals surface area contributed by atoms with Gasteiger partial charge in [-0.05, 0) is 30.5 Å². The van der Waals surface area contributed by atoms with Crippen LogP contribution < -0.4 is 0 Å². The average Bonchev–Trinajstić information content (AvgIpc) is 3.18. The monoisotopic (exact) mass is 354 g/mol. The lowest BCUT2D eigenvalue weighted by atomic mass is 10.2. The summed E-state index contributed by atoms with van der Waals surface area (Å²) >= 11 is 9.57. The molecule has 1 aromatic carbocycles. The van der Waals surface area contributed by atoms with Gasteiger partial charge in [0, 0.05) is 10.4 Å². The van der Waals surface area contributed by atoms with Crippen LogP contribution in [0.15, 0.2) is 28.7 Å².